The van der Waals surface area contributed by atoms with Gasteiger partial charge in [0.2, 0.25) is 0 Å². The summed E-state index contributed by atoms with van der Waals surface area (Å²) in [7, 11) is 1.61. The third kappa shape index (κ3) is 5.21. The number of nitrogens with one attached hydrogen (secondary N) is 1. The molecule has 0 amide bonds. The molecule has 6 heteroatoms. The van der Waals surface area contributed by atoms with Crippen LogP contribution in [0.15, 0.2) is 16.7 Å². The lowest BCUT2D eigenvalue weighted by Crippen LogP contribution is -2.34. The molecule has 1 heterocycles. The highest BCUT2D eigenvalue weighted by molar-refractivity contribution is 9.10. The van der Waals surface area contributed by atoms with E-state index in [-0.39, 0.29) is 0 Å². The van der Waals surface area contributed by atoms with Gasteiger partial charge in [-0.15, -0.1) is 0 Å². The zero-order chi connectivity index (χ0) is 12.9. The standard InChI is InChI=1S/C11H16BrClN2O2/c1-11(16,3-4-17-2)7-15-10-9(13)5-8(12)6-14-10/h5-6,16H,3-4,7H2,1-2H3,(H,14,15). The van der Waals surface area contributed by atoms with Crippen molar-refractivity contribution in [2.45, 2.75) is 18.9 Å². The fourth-order valence-electron chi connectivity index (χ4n) is 1.23. The van der Waals surface area contributed by atoms with E-state index in [4.69, 9.17) is 16.3 Å². The molecule has 4 nitrogen and oxygen atoms in total. The van der Waals surface area contributed by atoms with E-state index < -0.39 is 5.60 Å². The number of halogens is 2. The second-order valence-electron chi connectivity index (χ2n) is 4.08. The van der Waals surface area contributed by atoms with E-state index in [0.29, 0.717) is 30.4 Å². The summed E-state index contributed by atoms with van der Waals surface area (Å²) in [5, 5.41) is 13.6. The lowest BCUT2D eigenvalue weighted by atomic mass is 10.0. The molecule has 0 aliphatic heterocycles. The Hall–Kier alpha value is -0.360. The fraction of sp³-hybridized carbons (Fsp3) is 0.545. The predicted octanol–water partition coefficient (Wildman–Crippen LogP) is 2.70. The number of anilines is 1. The van der Waals surface area contributed by atoms with Gasteiger partial charge >= 0.3 is 0 Å². The molecule has 1 aromatic heterocycles. The minimum atomic E-state index is -0.853. The first-order valence-corrected chi connectivity index (χ1v) is 6.38. The Morgan fingerprint density at radius 1 is 1.65 bits per heavy atom. The monoisotopic (exact) mass is 322 g/mol. The van der Waals surface area contributed by atoms with Crippen molar-refractivity contribution < 1.29 is 9.84 Å². The molecule has 2 N–H and O–H groups in total. The molecule has 17 heavy (non-hydrogen) atoms. The largest absolute Gasteiger partial charge is 0.388 e. The Morgan fingerprint density at radius 2 is 2.35 bits per heavy atom. The normalized spacial score (nSPS) is 14.4. The number of pyridine rings is 1. The van der Waals surface area contributed by atoms with Gasteiger partial charge in [0, 0.05) is 37.4 Å². The molecule has 0 aliphatic rings. The van der Waals surface area contributed by atoms with Gasteiger partial charge < -0.3 is 15.2 Å². The Kier molecular flexibility index (Phi) is 5.66. The van der Waals surface area contributed by atoms with E-state index in [9.17, 15) is 5.11 Å². The first-order valence-electron chi connectivity index (χ1n) is 5.21. The highest BCUT2D eigenvalue weighted by Gasteiger charge is 2.20. The van der Waals surface area contributed by atoms with Gasteiger partial charge in [-0.25, -0.2) is 4.98 Å². The summed E-state index contributed by atoms with van der Waals surface area (Å²) < 4.78 is 5.75. The number of ether oxygens (including phenoxy) is 1. The van der Waals surface area contributed by atoms with Crippen LogP contribution >= 0.6 is 27.5 Å². The van der Waals surface area contributed by atoms with Crippen LogP contribution in [0.1, 0.15) is 13.3 Å². The number of aromatic nitrogens is 1. The number of hydrogen-bond donors (Lipinski definition) is 2. The molecule has 0 spiro atoms. The van der Waals surface area contributed by atoms with Crippen LogP contribution in [0.5, 0.6) is 0 Å². The zero-order valence-corrected chi connectivity index (χ0v) is 12.2. The van der Waals surface area contributed by atoms with Crippen LogP contribution in [-0.4, -0.2) is 36.0 Å². The number of hydrogen-bond acceptors (Lipinski definition) is 4. The quantitative estimate of drug-likeness (QED) is 0.845. The maximum atomic E-state index is 10.0. The number of rotatable bonds is 6. The van der Waals surface area contributed by atoms with Crippen molar-refractivity contribution in [3.05, 3.63) is 21.8 Å². The van der Waals surface area contributed by atoms with Crippen molar-refractivity contribution in [1.82, 2.24) is 4.98 Å². The molecule has 0 saturated carbocycles. The van der Waals surface area contributed by atoms with Gasteiger partial charge in [0.05, 0.1) is 10.6 Å². The lowest BCUT2D eigenvalue weighted by molar-refractivity contribution is 0.0357. The molecule has 0 radical (unpaired) electrons. The van der Waals surface area contributed by atoms with Crippen LogP contribution < -0.4 is 5.32 Å². The Morgan fingerprint density at radius 3 is 2.94 bits per heavy atom. The van der Waals surface area contributed by atoms with Gasteiger partial charge in [-0.2, -0.15) is 0 Å². The van der Waals surface area contributed by atoms with Crippen LogP contribution in [-0.2, 0) is 4.74 Å². The molecular weight excluding hydrogens is 307 g/mol. The minimum absolute atomic E-state index is 0.366. The van der Waals surface area contributed by atoms with E-state index >= 15 is 0 Å². The summed E-state index contributed by atoms with van der Waals surface area (Å²) in [6.45, 7) is 2.62. The van der Waals surface area contributed by atoms with Crippen LogP contribution in [0.25, 0.3) is 0 Å². The van der Waals surface area contributed by atoms with E-state index in [1.807, 2.05) is 0 Å². The van der Waals surface area contributed by atoms with Gasteiger partial charge in [0.1, 0.15) is 5.82 Å². The van der Waals surface area contributed by atoms with Crippen molar-refractivity contribution in [3.8, 4) is 0 Å². The molecule has 0 aliphatic carbocycles. The summed E-state index contributed by atoms with van der Waals surface area (Å²) in [6, 6.07) is 1.75. The Labute approximate surface area is 114 Å². The van der Waals surface area contributed by atoms with Gasteiger partial charge in [0.25, 0.3) is 0 Å². The first kappa shape index (κ1) is 14.7. The molecule has 1 unspecified atom stereocenters. The van der Waals surface area contributed by atoms with Crippen molar-refractivity contribution in [2.75, 3.05) is 25.6 Å². The number of aliphatic hydroxyl groups is 1. The van der Waals surface area contributed by atoms with Crippen molar-refractivity contribution >= 4 is 33.3 Å². The SMILES string of the molecule is COCCC(C)(O)CNc1ncc(Br)cc1Cl. The predicted molar refractivity (Wildman–Crippen MR) is 72.6 cm³/mol. The molecular formula is C11H16BrClN2O2. The third-order valence-electron chi connectivity index (χ3n) is 2.29. The minimum Gasteiger partial charge on any atom is -0.388 e. The molecule has 1 atom stereocenters. The molecule has 0 aromatic carbocycles. The maximum absolute atomic E-state index is 10.0. The highest BCUT2D eigenvalue weighted by Crippen LogP contribution is 2.23. The van der Waals surface area contributed by atoms with Crippen molar-refractivity contribution in [1.29, 1.82) is 0 Å². The Bertz CT molecular complexity index is 374. The second-order valence-corrected chi connectivity index (χ2v) is 5.40. The fourth-order valence-corrected chi connectivity index (χ4v) is 1.93. The van der Waals surface area contributed by atoms with Crippen molar-refractivity contribution in [2.24, 2.45) is 0 Å². The van der Waals surface area contributed by atoms with E-state index in [1.165, 1.54) is 0 Å². The highest BCUT2D eigenvalue weighted by atomic mass is 79.9. The van der Waals surface area contributed by atoms with E-state index in [1.54, 1.807) is 26.3 Å². The molecule has 1 rings (SSSR count). The van der Waals surface area contributed by atoms with Gasteiger partial charge in [-0.3, -0.25) is 0 Å². The molecule has 0 fully saturated rings. The van der Waals surface area contributed by atoms with Gasteiger partial charge in [-0.1, -0.05) is 11.6 Å². The molecule has 96 valence electrons. The molecule has 0 bridgehead atoms. The zero-order valence-electron chi connectivity index (χ0n) is 9.83. The Balaban J connectivity index is 2.54. The molecule has 1 aromatic rings. The van der Waals surface area contributed by atoms with Crippen LogP contribution in [0.2, 0.25) is 5.02 Å². The summed E-state index contributed by atoms with van der Waals surface area (Å²) in [5.74, 6) is 0.563. The topological polar surface area (TPSA) is 54.4 Å². The van der Waals surface area contributed by atoms with Crippen LogP contribution in [0.3, 0.4) is 0 Å². The van der Waals surface area contributed by atoms with E-state index in [2.05, 4.69) is 26.2 Å². The summed E-state index contributed by atoms with van der Waals surface area (Å²) in [4.78, 5) is 4.13. The average Bonchev–Trinajstić information content (AvgIpc) is 2.25. The van der Waals surface area contributed by atoms with Gasteiger partial charge in [0.15, 0.2) is 0 Å². The maximum Gasteiger partial charge on any atom is 0.144 e. The lowest BCUT2D eigenvalue weighted by Gasteiger charge is -2.23. The smallest absolute Gasteiger partial charge is 0.144 e. The third-order valence-corrected chi connectivity index (χ3v) is 3.01. The van der Waals surface area contributed by atoms with Crippen LogP contribution in [0, 0.1) is 0 Å². The molecule has 0 saturated heterocycles. The summed E-state index contributed by atoms with van der Waals surface area (Å²) >= 11 is 9.28. The second kappa shape index (κ2) is 6.54. The summed E-state index contributed by atoms with van der Waals surface area (Å²) in [5.41, 5.74) is -0.853. The summed E-state index contributed by atoms with van der Waals surface area (Å²) in [6.07, 6.45) is 2.20. The number of methoxy groups -OCH3 is 1. The first-order chi connectivity index (χ1) is 7.94. The average molecular weight is 324 g/mol. The number of nitrogens with zero attached hydrogens (tertiary/aromatic N) is 1. The van der Waals surface area contributed by atoms with Gasteiger partial charge in [-0.05, 0) is 28.9 Å². The van der Waals surface area contributed by atoms with Crippen LogP contribution in [0.4, 0.5) is 5.82 Å². The van der Waals surface area contributed by atoms with E-state index in [0.717, 1.165) is 4.47 Å². The van der Waals surface area contributed by atoms with Crippen molar-refractivity contribution in [3.63, 3.8) is 0 Å².